The predicted octanol–water partition coefficient (Wildman–Crippen LogP) is 3.81. The molecule has 2 aromatic carbocycles. The van der Waals surface area contributed by atoms with E-state index in [-0.39, 0.29) is 23.2 Å². The van der Waals surface area contributed by atoms with Crippen LogP contribution in [-0.2, 0) is 0 Å². The van der Waals surface area contributed by atoms with Crippen molar-refractivity contribution in [1.82, 2.24) is 0 Å². The highest BCUT2D eigenvalue weighted by Gasteiger charge is 2.21. The van der Waals surface area contributed by atoms with Crippen LogP contribution in [-0.4, -0.2) is 19.2 Å². The van der Waals surface area contributed by atoms with Crippen LogP contribution in [0.5, 0.6) is 17.2 Å². The summed E-state index contributed by atoms with van der Waals surface area (Å²) < 4.78 is 21.5. The molecule has 0 aliphatic carbocycles. The molecule has 0 fully saturated rings. The zero-order valence-corrected chi connectivity index (χ0v) is 14.6. The fourth-order valence-electron chi connectivity index (χ4n) is 2.50. The van der Waals surface area contributed by atoms with Crippen LogP contribution in [0.3, 0.4) is 0 Å². The highest BCUT2D eigenvalue weighted by atomic mass is 16.6. The van der Waals surface area contributed by atoms with Crippen molar-refractivity contribution in [3.63, 3.8) is 0 Å². The van der Waals surface area contributed by atoms with Gasteiger partial charge in [-0.2, -0.15) is 0 Å². The maximum Gasteiger partial charge on any atom is 0.383 e. The van der Waals surface area contributed by atoms with Gasteiger partial charge in [-0.05, 0) is 38.1 Å². The standard InChI is InChI=1S/C20H18O6/c1-12(2)24-14-9-10-15-16(11-14)25-20(22)18(17(15)23-3)26-19(21)13-7-5-4-6-8-13/h4-12H,1-3H3. The molecule has 1 heterocycles. The van der Waals surface area contributed by atoms with E-state index in [0.29, 0.717) is 16.7 Å². The Kier molecular flexibility index (Phi) is 4.93. The van der Waals surface area contributed by atoms with Crippen LogP contribution in [0, 0.1) is 0 Å². The van der Waals surface area contributed by atoms with Crippen molar-refractivity contribution in [2.45, 2.75) is 20.0 Å². The number of benzene rings is 2. The molecule has 134 valence electrons. The first kappa shape index (κ1) is 17.5. The average Bonchev–Trinajstić information content (AvgIpc) is 2.62. The predicted molar refractivity (Wildman–Crippen MR) is 96.2 cm³/mol. The average molecular weight is 354 g/mol. The quantitative estimate of drug-likeness (QED) is 0.512. The first-order chi connectivity index (χ1) is 12.5. The van der Waals surface area contributed by atoms with Gasteiger partial charge < -0.3 is 18.6 Å². The van der Waals surface area contributed by atoms with Gasteiger partial charge in [0.1, 0.15) is 11.3 Å². The minimum atomic E-state index is -0.805. The number of ether oxygens (including phenoxy) is 3. The number of rotatable bonds is 5. The molecule has 6 heteroatoms. The van der Waals surface area contributed by atoms with Gasteiger partial charge in [-0.3, -0.25) is 0 Å². The van der Waals surface area contributed by atoms with Crippen LogP contribution in [0.15, 0.2) is 57.7 Å². The van der Waals surface area contributed by atoms with Gasteiger partial charge in [0.05, 0.1) is 24.2 Å². The molecule has 0 saturated heterocycles. The van der Waals surface area contributed by atoms with Gasteiger partial charge in [-0.25, -0.2) is 9.59 Å². The van der Waals surface area contributed by atoms with Crippen LogP contribution in [0.2, 0.25) is 0 Å². The molecular formula is C20H18O6. The Bertz CT molecular complexity index is 988. The minimum absolute atomic E-state index is 0.0211. The number of esters is 1. The topological polar surface area (TPSA) is 75.0 Å². The van der Waals surface area contributed by atoms with E-state index in [1.807, 2.05) is 13.8 Å². The molecule has 0 aliphatic rings. The van der Waals surface area contributed by atoms with Gasteiger partial charge >= 0.3 is 11.6 Å². The summed E-state index contributed by atoms with van der Waals surface area (Å²) in [6, 6.07) is 13.4. The Labute approximate surface area is 149 Å². The van der Waals surface area contributed by atoms with Crippen molar-refractivity contribution in [2.24, 2.45) is 0 Å². The Morgan fingerprint density at radius 2 is 1.77 bits per heavy atom. The third-order valence-electron chi connectivity index (χ3n) is 3.57. The molecule has 3 aromatic rings. The molecule has 0 atom stereocenters. The van der Waals surface area contributed by atoms with Crippen molar-refractivity contribution in [2.75, 3.05) is 7.11 Å². The van der Waals surface area contributed by atoms with E-state index < -0.39 is 11.6 Å². The molecule has 0 amide bonds. The summed E-state index contributed by atoms with van der Waals surface area (Å²) in [7, 11) is 1.40. The summed E-state index contributed by atoms with van der Waals surface area (Å²) in [5.74, 6) is -0.259. The smallest absolute Gasteiger partial charge is 0.383 e. The van der Waals surface area contributed by atoms with E-state index in [1.54, 1.807) is 48.5 Å². The number of hydrogen-bond donors (Lipinski definition) is 0. The fraction of sp³-hybridized carbons (Fsp3) is 0.200. The maximum atomic E-state index is 12.3. The summed E-state index contributed by atoms with van der Waals surface area (Å²) in [4.78, 5) is 24.6. The van der Waals surface area contributed by atoms with E-state index in [9.17, 15) is 9.59 Å². The van der Waals surface area contributed by atoms with Crippen LogP contribution in [0.25, 0.3) is 11.0 Å². The largest absolute Gasteiger partial charge is 0.492 e. The monoisotopic (exact) mass is 354 g/mol. The molecule has 0 bridgehead atoms. The third-order valence-corrected chi connectivity index (χ3v) is 3.57. The molecule has 0 N–H and O–H groups in total. The molecule has 0 spiro atoms. The molecule has 6 nitrogen and oxygen atoms in total. The second kappa shape index (κ2) is 7.31. The van der Waals surface area contributed by atoms with E-state index in [1.165, 1.54) is 7.11 Å². The van der Waals surface area contributed by atoms with Gasteiger partial charge in [0, 0.05) is 6.07 Å². The Morgan fingerprint density at radius 1 is 1.04 bits per heavy atom. The van der Waals surface area contributed by atoms with Gasteiger partial charge in [0.25, 0.3) is 5.75 Å². The minimum Gasteiger partial charge on any atom is -0.492 e. The van der Waals surface area contributed by atoms with E-state index in [0.717, 1.165) is 0 Å². The van der Waals surface area contributed by atoms with Crippen LogP contribution in [0.4, 0.5) is 0 Å². The molecule has 0 unspecified atom stereocenters. The molecular weight excluding hydrogens is 336 g/mol. The summed E-state index contributed by atoms with van der Waals surface area (Å²) in [6.45, 7) is 3.79. The lowest BCUT2D eigenvalue weighted by atomic mass is 10.2. The van der Waals surface area contributed by atoms with E-state index in [4.69, 9.17) is 18.6 Å². The fourth-order valence-corrected chi connectivity index (χ4v) is 2.50. The Hall–Kier alpha value is -3.28. The number of carbonyl (C=O) groups excluding carboxylic acids is 1. The lowest BCUT2D eigenvalue weighted by molar-refractivity contribution is 0.0723. The molecule has 0 aliphatic heterocycles. The SMILES string of the molecule is COc1c(OC(=O)c2ccccc2)c(=O)oc2cc(OC(C)C)ccc12. The van der Waals surface area contributed by atoms with Crippen molar-refractivity contribution in [3.8, 4) is 17.2 Å². The third kappa shape index (κ3) is 3.54. The van der Waals surface area contributed by atoms with Crippen LogP contribution in [0.1, 0.15) is 24.2 Å². The number of fused-ring (bicyclic) bond motifs is 1. The molecule has 26 heavy (non-hydrogen) atoms. The second-order valence-electron chi connectivity index (χ2n) is 5.83. The summed E-state index contributed by atoms with van der Waals surface area (Å²) in [5.41, 5.74) is -0.209. The normalized spacial score (nSPS) is 10.8. The highest BCUT2D eigenvalue weighted by Crippen LogP contribution is 2.34. The zero-order chi connectivity index (χ0) is 18.7. The summed E-state index contributed by atoms with van der Waals surface area (Å²) in [6.07, 6.45) is -0.0211. The first-order valence-corrected chi connectivity index (χ1v) is 8.08. The Morgan fingerprint density at radius 3 is 2.42 bits per heavy atom. The lowest BCUT2D eigenvalue weighted by Crippen LogP contribution is -2.15. The van der Waals surface area contributed by atoms with Crippen LogP contribution < -0.4 is 19.8 Å². The Balaban J connectivity index is 2.04. The summed E-state index contributed by atoms with van der Waals surface area (Å²) >= 11 is 0. The van der Waals surface area contributed by atoms with Crippen molar-refractivity contribution in [1.29, 1.82) is 0 Å². The van der Waals surface area contributed by atoms with Crippen molar-refractivity contribution in [3.05, 3.63) is 64.5 Å². The van der Waals surface area contributed by atoms with E-state index in [2.05, 4.69) is 0 Å². The maximum absolute atomic E-state index is 12.3. The lowest BCUT2D eigenvalue weighted by Gasteiger charge is -2.13. The van der Waals surface area contributed by atoms with Crippen LogP contribution >= 0.6 is 0 Å². The first-order valence-electron chi connectivity index (χ1n) is 8.08. The number of hydrogen-bond acceptors (Lipinski definition) is 6. The van der Waals surface area contributed by atoms with Crippen molar-refractivity contribution < 1.29 is 23.4 Å². The highest BCUT2D eigenvalue weighted by molar-refractivity contribution is 5.93. The van der Waals surface area contributed by atoms with E-state index >= 15 is 0 Å². The number of carbonyl (C=O) groups is 1. The van der Waals surface area contributed by atoms with Gasteiger partial charge in [-0.1, -0.05) is 18.2 Å². The zero-order valence-electron chi connectivity index (χ0n) is 14.6. The van der Waals surface area contributed by atoms with Gasteiger partial charge in [-0.15, -0.1) is 0 Å². The van der Waals surface area contributed by atoms with Gasteiger partial charge in [0.15, 0.2) is 5.75 Å². The molecule has 0 saturated carbocycles. The second-order valence-corrected chi connectivity index (χ2v) is 5.83. The molecule has 1 aromatic heterocycles. The molecule has 3 rings (SSSR count). The summed E-state index contributed by atoms with van der Waals surface area (Å²) in [5, 5.41) is 0.499. The number of methoxy groups -OCH3 is 1. The van der Waals surface area contributed by atoms with Gasteiger partial charge in [0.2, 0.25) is 0 Å². The molecule has 0 radical (unpaired) electrons. The van der Waals surface area contributed by atoms with Crippen molar-refractivity contribution >= 4 is 16.9 Å².